The van der Waals surface area contributed by atoms with E-state index in [9.17, 15) is 13.6 Å². The molecule has 136 valence electrons. The first-order valence-electron chi connectivity index (χ1n) is 8.32. The molecule has 0 heterocycles. The van der Waals surface area contributed by atoms with Gasteiger partial charge in [0, 0.05) is 31.7 Å². The number of anilines is 1. The van der Waals surface area contributed by atoms with Gasteiger partial charge in [0.1, 0.15) is 0 Å². The summed E-state index contributed by atoms with van der Waals surface area (Å²) in [6, 6.07) is 6.47. The molecule has 0 aliphatic heterocycles. The van der Waals surface area contributed by atoms with E-state index in [1.165, 1.54) is 0 Å². The minimum atomic E-state index is -2.57. The van der Waals surface area contributed by atoms with E-state index >= 15 is 0 Å². The van der Waals surface area contributed by atoms with Crippen LogP contribution < -0.4 is 10.6 Å². The topological polar surface area (TPSA) is 74.2 Å². The van der Waals surface area contributed by atoms with Gasteiger partial charge in [-0.15, -0.1) is 0 Å². The first-order valence-corrected chi connectivity index (χ1v) is 8.32. The number of urea groups is 1. The Kier molecular flexibility index (Phi) is 6.32. The summed E-state index contributed by atoms with van der Waals surface area (Å²) < 4.78 is 31.5. The summed E-state index contributed by atoms with van der Waals surface area (Å²) in [4.78, 5) is 12.1. The monoisotopic (exact) mass is 351 g/mol. The van der Waals surface area contributed by atoms with Gasteiger partial charge >= 0.3 is 6.03 Å². The first kappa shape index (κ1) is 19.1. The summed E-state index contributed by atoms with van der Waals surface area (Å²) in [6.07, 6.45) is 0.549. The number of nitrogens with zero attached hydrogens (tertiary/aromatic N) is 1. The maximum absolute atomic E-state index is 13.2. The molecular weight excluding hydrogens is 328 g/mol. The predicted molar refractivity (Wildman–Crippen MR) is 90.4 cm³/mol. The third kappa shape index (κ3) is 5.40. The number of carbonyl (C=O) groups excluding carboxylic acids is 1. The van der Waals surface area contributed by atoms with Crippen LogP contribution in [0.15, 0.2) is 18.2 Å². The molecule has 2 amide bonds. The average Bonchev–Trinajstić information content (AvgIpc) is 2.56. The fourth-order valence-electron chi connectivity index (χ4n) is 3.09. The van der Waals surface area contributed by atoms with Crippen LogP contribution in [0.4, 0.5) is 19.3 Å². The van der Waals surface area contributed by atoms with Crippen LogP contribution in [0, 0.1) is 17.2 Å². The molecule has 1 aromatic rings. The van der Waals surface area contributed by atoms with E-state index < -0.39 is 12.0 Å². The molecule has 0 radical (unpaired) electrons. The number of nitriles is 1. The largest absolute Gasteiger partial charge is 0.380 e. The maximum Gasteiger partial charge on any atom is 0.319 e. The van der Waals surface area contributed by atoms with Crippen molar-refractivity contribution >= 4 is 11.7 Å². The Hall–Kier alpha value is -2.20. The van der Waals surface area contributed by atoms with Gasteiger partial charge in [0.05, 0.1) is 18.2 Å². The van der Waals surface area contributed by atoms with E-state index in [-0.39, 0.29) is 24.8 Å². The van der Waals surface area contributed by atoms with Crippen LogP contribution in [0.25, 0.3) is 0 Å². The van der Waals surface area contributed by atoms with Crippen molar-refractivity contribution in [3.63, 3.8) is 0 Å². The summed E-state index contributed by atoms with van der Waals surface area (Å²) in [7, 11) is 1.54. The molecular formula is C18H23F2N3O2. The fourth-order valence-corrected chi connectivity index (χ4v) is 3.09. The standard InChI is InChI=1S/C18H23F2N3O2/c1-12(13-5-7-18(19,20)8-6-13)22-17(24)23-16-4-3-14(11-25-2)15(9-16)10-21/h3-4,9,12-13H,5-8,11H2,1-2H3,(H2,22,23,24). The van der Waals surface area contributed by atoms with Gasteiger partial charge < -0.3 is 15.4 Å². The number of amides is 2. The lowest BCUT2D eigenvalue weighted by molar-refractivity contribution is -0.0483. The number of halogens is 2. The van der Waals surface area contributed by atoms with Crippen molar-refractivity contribution in [2.75, 3.05) is 12.4 Å². The molecule has 0 aromatic heterocycles. The van der Waals surface area contributed by atoms with E-state index in [0.29, 0.717) is 30.7 Å². The van der Waals surface area contributed by atoms with Crippen LogP contribution in [0.1, 0.15) is 43.7 Å². The highest BCUT2D eigenvalue weighted by Crippen LogP contribution is 2.37. The molecule has 1 atom stereocenters. The molecule has 1 aromatic carbocycles. The van der Waals surface area contributed by atoms with E-state index in [1.54, 1.807) is 25.3 Å². The summed E-state index contributed by atoms with van der Waals surface area (Å²) in [5.41, 5.74) is 1.67. The number of hydrogen-bond donors (Lipinski definition) is 2. The van der Waals surface area contributed by atoms with Gasteiger partial charge in [-0.3, -0.25) is 0 Å². The summed E-state index contributed by atoms with van der Waals surface area (Å²) in [5.74, 6) is -2.53. The molecule has 1 aliphatic rings. The highest BCUT2D eigenvalue weighted by atomic mass is 19.3. The van der Waals surface area contributed by atoms with Gasteiger partial charge in [0.15, 0.2) is 0 Å². The molecule has 5 nitrogen and oxygen atoms in total. The highest BCUT2D eigenvalue weighted by molar-refractivity contribution is 5.89. The minimum absolute atomic E-state index is 0.0455. The Bertz CT molecular complexity index is 648. The lowest BCUT2D eigenvalue weighted by Crippen LogP contribution is -2.42. The van der Waals surface area contributed by atoms with Crippen molar-refractivity contribution in [3.8, 4) is 6.07 Å². The first-order chi connectivity index (χ1) is 11.8. The van der Waals surface area contributed by atoms with Gasteiger partial charge in [-0.25, -0.2) is 13.6 Å². The Morgan fingerprint density at radius 1 is 1.44 bits per heavy atom. The normalized spacial score (nSPS) is 18.2. The van der Waals surface area contributed by atoms with Crippen LogP contribution in [0.5, 0.6) is 0 Å². The second-order valence-corrected chi connectivity index (χ2v) is 6.50. The Labute approximate surface area is 146 Å². The van der Waals surface area contributed by atoms with Crippen molar-refractivity contribution in [1.29, 1.82) is 5.26 Å². The van der Waals surface area contributed by atoms with Gasteiger partial charge in [0.2, 0.25) is 5.92 Å². The number of hydrogen-bond acceptors (Lipinski definition) is 3. The van der Waals surface area contributed by atoms with Crippen LogP contribution in [-0.2, 0) is 11.3 Å². The van der Waals surface area contributed by atoms with Gasteiger partial charge in [-0.2, -0.15) is 5.26 Å². The molecule has 0 saturated heterocycles. The third-order valence-corrected chi connectivity index (χ3v) is 4.62. The number of methoxy groups -OCH3 is 1. The van der Waals surface area contributed by atoms with E-state index in [2.05, 4.69) is 16.7 Å². The zero-order valence-corrected chi connectivity index (χ0v) is 14.4. The molecule has 1 unspecified atom stereocenters. The lowest BCUT2D eigenvalue weighted by Gasteiger charge is -2.32. The number of carbonyl (C=O) groups is 1. The van der Waals surface area contributed by atoms with Crippen LogP contribution in [0.3, 0.4) is 0 Å². The van der Waals surface area contributed by atoms with Crippen molar-refractivity contribution in [1.82, 2.24) is 5.32 Å². The molecule has 7 heteroatoms. The third-order valence-electron chi connectivity index (χ3n) is 4.62. The van der Waals surface area contributed by atoms with E-state index in [1.807, 2.05) is 6.92 Å². The number of alkyl halides is 2. The summed E-state index contributed by atoms with van der Waals surface area (Å²) >= 11 is 0. The Morgan fingerprint density at radius 2 is 2.12 bits per heavy atom. The summed E-state index contributed by atoms with van der Waals surface area (Å²) in [5, 5.41) is 14.6. The van der Waals surface area contributed by atoms with E-state index in [0.717, 1.165) is 5.56 Å². The molecule has 1 saturated carbocycles. The average molecular weight is 351 g/mol. The molecule has 2 N–H and O–H groups in total. The number of benzene rings is 1. The quantitative estimate of drug-likeness (QED) is 0.841. The molecule has 2 rings (SSSR count). The second-order valence-electron chi connectivity index (χ2n) is 6.50. The molecule has 0 spiro atoms. The lowest BCUT2D eigenvalue weighted by atomic mass is 9.83. The van der Waals surface area contributed by atoms with E-state index in [4.69, 9.17) is 10.00 Å². The summed E-state index contributed by atoms with van der Waals surface area (Å²) in [6.45, 7) is 2.15. The van der Waals surface area contributed by atoms with Crippen LogP contribution in [0.2, 0.25) is 0 Å². The smallest absolute Gasteiger partial charge is 0.319 e. The highest BCUT2D eigenvalue weighted by Gasteiger charge is 2.36. The minimum Gasteiger partial charge on any atom is -0.380 e. The van der Waals surface area contributed by atoms with Gasteiger partial charge in [-0.05, 0) is 43.4 Å². The van der Waals surface area contributed by atoms with Crippen molar-refractivity contribution in [2.45, 2.75) is 51.2 Å². The Morgan fingerprint density at radius 3 is 2.72 bits per heavy atom. The number of nitrogens with one attached hydrogen (secondary N) is 2. The van der Waals surface area contributed by atoms with Gasteiger partial charge in [-0.1, -0.05) is 6.07 Å². The Balaban J connectivity index is 1.91. The zero-order chi connectivity index (χ0) is 18.4. The molecule has 1 fully saturated rings. The maximum atomic E-state index is 13.2. The molecule has 25 heavy (non-hydrogen) atoms. The second kappa shape index (κ2) is 8.26. The van der Waals surface area contributed by atoms with Crippen LogP contribution >= 0.6 is 0 Å². The SMILES string of the molecule is COCc1ccc(NC(=O)NC(C)C2CCC(F)(F)CC2)cc1C#N. The van der Waals surface area contributed by atoms with Crippen molar-refractivity contribution in [3.05, 3.63) is 29.3 Å². The molecule has 1 aliphatic carbocycles. The predicted octanol–water partition coefficient (Wildman–Crippen LogP) is 4.04. The number of ether oxygens (including phenoxy) is 1. The number of rotatable bonds is 5. The van der Waals surface area contributed by atoms with Crippen LogP contribution in [-0.4, -0.2) is 25.1 Å². The van der Waals surface area contributed by atoms with Crippen molar-refractivity contribution < 1.29 is 18.3 Å². The van der Waals surface area contributed by atoms with Gasteiger partial charge in [0.25, 0.3) is 0 Å². The molecule has 0 bridgehead atoms. The zero-order valence-electron chi connectivity index (χ0n) is 14.4. The van der Waals surface area contributed by atoms with Crippen molar-refractivity contribution in [2.24, 2.45) is 5.92 Å². The fraction of sp³-hybridized carbons (Fsp3) is 0.556.